The van der Waals surface area contributed by atoms with Gasteiger partial charge >= 0.3 is 5.97 Å². The molecule has 0 saturated heterocycles. The fourth-order valence-electron chi connectivity index (χ4n) is 1.98. The summed E-state index contributed by atoms with van der Waals surface area (Å²) in [5.74, 6) is -0.944. The minimum absolute atomic E-state index is 0.0640. The number of halogens is 1. The molecule has 0 bridgehead atoms. The summed E-state index contributed by atoms with van der Waals surface area (Å²) in [5.41, 5.74) is -0.144. The van der Waals surface area contributed by atoms with E-state index >= 15 is 0 Å². The van der Waals surface area contributed by atoms with E-state index in [1.807, 2.05) is 0 Å². The summed E-state index contributed by atoms with van der Waals surface area (Å²) in [6, 6.07) is 13.7. The van der Waals surface area contributed by atoms with Gasteiger partial charge in [0.05, 0.1) is 6.42 Å². The van der Waals surface area contributed by atoms with Crippen LogP contribution in [0.2, 0.25) is 5.02 Å². The number of hydrogen-bond donors (Lipinski definition) is 2. The van der Waals surface area contributed by atoms with Crippen LogP contribution in [0.5, 0.6) is 5.75 Å². The Morgan fingerprint density at radius 3 is 2.38 bits per heavy atom. The first-order valence-electron chi connectivity index (χ1n) is 7.33. The highest BCUT2D eigenvalue weighted by Crippen LogP contribution is 2.24. The predicted molar refractivity (Wildman–Crippen MR) is 92.6 cm³/mol. The number of ether oxygens (including phenoxy) is 1. The third kappa shape index (κ3) is 4.73. The van der Waals surface area contributed by atoms with Gasteiger partial charge in [-0.1, -0.05) is 29.8 Å². The second-order valence-corrected chi connectivity index (χ2v) is 6.19. The number of carboxylic acid groups (broad SMARTS) is 1. The molecule has 0 heterocycles. The van der Waals surface area contributed by atoms with Crippen LogP contribution in [0.15, 0.2) is 48.5 Å². The highest BCUT2D eigenvalue weighted by atomic mass is 35.5. The van der Waals surface area contributed by atoms with E-state index in [-0.39, 0.29) is 12.3 Å². The van der Waals surface area contributed by atoms with E-state index in [1.165, 1.54) is 13.8 Å². The third-order valence-electron chi connectivity index (χ3n) is 3.33. The Bertz CT molecular complexity index is 741. The zero-order valence-corrected chi connectivity index (χ0v) is 14.1. The second-order valence-electron chi connectivity index (χ2n) is 5.76. The summed E-state index contributed by atoms with van der Waals surface area (Å²) < 4.78 is 5.56. The van der Waals surface area contributed by atoms with E-state index in [4.69, 9.17) is 16.3 Å². The Balaban J connectivity index is 2.10. The SMILES string of the molecule is CC(C)(Oc1ccccc1CC(=O)Nc1ccc(Cl)cc1)C(=O)O. The second kappa shape index (κ2) is 7.36. The molecule has 0 aliphatic rings. The number of carboxylic acids is 1. The van der Waals surface area contributed by atoms with Gasteiger partial charge in [0, 0.05) is 16.3 Å². The lowest BCUT2D eigenvalue weighted by molar-refractivity contribution is -0.152. The smallest absolute Gasteiger partial charge is 0.347 e. The normalized spacial score (nSPS) is 11.0. The largest absolute Gasteiger partial charge is 0.478 e. The van der Waals surface area contributed by atoms with Crippen molar-refractivity contribution in [3.8, 4) is 5.75 Å². The number of para-hydroxylation sites is 1. The van der Waals surface area contributed by atoms with Gasteiger partial charge < -0.3 is 15.2 Å². The highest BCUT2D eigenvalue weighted by molar-refractivity contribution is 6.30. The van der Waals surface area contributed by atoms with Gasteiger partial charge in [0.25, 0.3) is 0 Å². The quantitative estimate of drug-likeness (QED) is 0.834. The molecule has 0 spiro atoms. The number of carbonyl (C=O) groups is 2. The van der Waals surface area contributed by atoms with E-state index in [0.717, 1.165) is 0 Å². The first kappa shape index (κ1) is 17.8. The number of aliphatic carboxylic acids is 1. The van der Waals surface area contributed by atoms with Crippen LogP contribution >= 0.6 is 11.6 Å². The Labute approximate surface area is 145 Å². The van der Waals surface area contributed by atoms with E-state index < -0.39 is 11.6 Å². The van der Waals surface area contributed by atoms with Gasteiger partial charge in [-0.2, -0.15) is 0 Å². The lowest BCUT2D eigenvalue weighted by Crippen LogP contribution is -2.38. The molecule has 0 unspecified atom stereocenters. The lowest BCUT2D eigenvalue weighted by Gasteiger charge is -2.23. The summed E-state index contributed by atoms with van der Waals surface area (Å²) in [5, 5.41) is 12.5. The van der Waals surface area contributed by atoms with Crippen molar-refractivity contribution in [1.29, 1.82) is 0 Å². The molecule has 5 nitrogen and oxygen atoms in total. The van der Waals surface area contributed by atoms with E-state index in [2.05, 4.69) is 5.32 Å². The zero-order valence-electron chi connectivity index (χ0n) is 13.4. The van der Waals surface area contributed by atoms with Gasteiger partial charge in [0.15, 0.2) is 5.60 Å². The molecule has 0 aliphatic carbocycles. The standard InChI is InChI=1S/C18H18ClNO4/c1-18(2,17(22)23)24-15-6-4-3-5-12(15)11-16(21)20-14-9-7-13(19)8-10-14/h3-10H,11H2,1-2H3,(H,20,21)(H,22,23). The maximum Gasteiger partial charge on any atom is 0.347 e. The Kier molecular flexibility index (Phi) is 5.46. The molecule has 2 rings (SSSR count). The number of benzene rings is 2. The average molecular weight is 348 g/mol. The lowest BCUT2D eigenvalue weighted by atomic mass is 10.1. The monoisotopic (exact) mass is 347 g/mol. The van der Waals surface area contributed by atoms with E-state index in [1.54, 1.807) is 48.5 Å². The number of nitrogens with one attached hydrogen (secondary N) is 1. The van der Waals surface area contributed by atoms with Crippen LogP contribution in [0, 0.1) is 0 Å². The number of amides is 1. The Morgan fingerprint density at radius 1 is 1.12 bits per heavy atom. The molecule has 1 amide bonds. The first-order chi connectivity index (χ1) is 11.3. The fourth-order valence-corrected chi connectivity index (χ4v) is 2.11. The van der Waals surface area contributed by atoms with Crippen LogP contribution in [0.1, 0.15) is 19.4 Å². The van der Waals surface area contributed by atoms with Gasteiger partial charge in [-0.05, 0) is 44.2 Å². The average Bonchev–Trinajstić information content (AvgIpc) is 2.51. The number of rotatable bonds is 6. The van der Waals surface area contributed by atoms with Gasteiger partial charge in [0.2, 0.25) is 5.91 Å². The molecule has 0 aliphatic heterocycles. The van der Waals surface area contributed by atoms with Gasteiger partial charge in [-0.3, -0.25) is 4.79 Å². The third-order valence-corrected chi connectivity index (χ3v) is 3.58. The zero-order chi connectivity index (χ0) is 17.7. The topological polar surface area (TPSA) is 75.6 Å². The van der Waals surface area contributed by atoms with Crippen molar-refractivity contribution in [1.82, 2.24) is 0 Å². The van der Waals surface area contributed by atoms with E-state index in [0.29, 0.717) is 22.0 Å². The molecule has 0 atom stereocenters. The van der Waals surface area contributed by atoms with Crippen molar-refractivity contribution in [3.63, 3.8) is 0 Å². The van der Waals surface area contributed by atoms with E-state index in [9.17, 15) is 14.7 Å². The fraction of sp³-hybridized carbons (Fsp3) is 0.222. The van der Waals surface area contributed by atoms with Gasteiger partial charge in [0.1, 0.15) is 5.75 Å². The van der Waals surface area contributed by atoms with Crippen LogP contribution in [0.25, 0.3) is 0 Å². The maximum atomic E-state index is 12.2. The summed E-state index contributed by atoms with van der Waals surface area (Å²) in [6.07, 6.45) is 0.0640. The van der Waals surface area contributed by atoms with Crippen LogP contribution in [-0.4, -0.2) is 22.6 Å². The van der Waals surface area contributed by atoms with Gasteiger partial charge in [-0.15, -0.1) is 0 Å². The first-order valence-corrected chi connectivity index (χ1v) is 7.71. The van der Waals surface area contributed by atoms with Crippen LogP contribution in [0.4, 0.5) is 5.69 Å². The maximum absolute atomic E-state index is 12.2. The Hall–Kier alpha value is -2.53. The summed E-state index contributed by atoms with van der Waals surface area (Å²) in [6.45, 7) is 2.92. The van der Waals surface area contributed by atoms with Crippen LogP contribution in [0.3, 0.4) is 0 Å². The van der Waals surface area contributed by atoms with Crippen molar-refractivity contribution >= 4 is 29.2 Å². The van der Waals surface area contributed by atoms with Crippen LogP contribution < -0.4 is 10.1 Å². The number of anilines is 1. The van der Waals surface area contributed by atoms with Crippen molar-refractivity contribution in [2.24, 2.45) is 0 Å². The molecule has 0 aromatic heterocycles. The molecule has 0 saturated carbocycles. The number of carbonyl (C=O) groups excluding carboxylic acids is 1. The molecular weight excluding hydrogens is 330 g/mol. The van der Waals surface area contributed by atoms with Crippen molar-refractivity contribution < 1.29 is 19.4 Å². The molecule has 6 heteroatoms. The minimum Gasteiger partial charge on any atom is -0.478 e. The van der Waals surface area contributed by atoms with Gasteiger partial charge in [-0.25, -0.2) is 4.79 Å². The van der Waals surface area contributed by atoms with Crippen LogP contribution in [-0.2, 0) is 16.0 Å². The highest BCUT2D eigenvalue weighted by Gasteiger charge is 2.30. The summed E-state index contributed by atoms with van der Waals surface area (Å²) in [7, 11) is 0. The number of hydrogen-bond acceptors (Lipinski definition) is 3. The minimum atomic E-state index is -1.39. The molecule has 24 heavy (non-hydrogen) atoms. The molecule has 2 N–H and O–H groups in total. The summed E-state index contributed by atoms with van der Waals surface area (Å²) >= 11 is 5.81. The molecule has 126 valence electrons. The van der Waals surface area contributed by atoms with Crippen molar-refractivity contribution in [2.75, 3.05) is 5.32 Å². The summed E-state index contributed by atoms with van der Waals surface area (Å²) in [4.78, 5) is 23.4. The van der Waals surface area contributed by atoms with Crippen molar-refractivity contribution in [3.05, 3.63) is 59.1 Å². The Morgan fingerprint density at radius 2 is 1.75 bits per heavy atom. The molecule has 2 aromatic carbocycles. The molecule has 0 radical (unpaired) electrons. The molecule has 2 aromatic rings. The predicted octanol–water partition coefficient (Wildman–Crippen LogP) is 3.76. The van der Waals surface area contributed by atoms with Crippen molar-refractivity contribution in [2.45, 2.75) is 25.9 Å². The molecule has 0 fully saturated rings. The molecular formula is C18H18ClNO4.